The number of benzene rings is 2. The molecular formula is C30H35NO6. The van der Waals surface area contributed by atoms with Crippen molar-refractivity contribution in [1.82, 2.24) is 4.90 Å². The molecule has 1 fully saturated rings. The molecule has 2 atom stereocenters. The Kier molecular flexibility index (Phi) is 6.84. The lowest BCUT2D eigenvalue weighted by Gasteiger charge is -2.28. The Labute approximate surface area is 218 Å². The second kappa shape index (κ2) is 9.93. The zero-order valence-electron chi connectivity index (χ0n) is 22.1. The summed E-state index contributed by atoms with van der Waals surface area (Å²) < 4.78 is 17.3. The standard InChI is InChI=1S/C30H35NO6/c1-18-10-22(31(14-18)29(34)37-30(2,3)4)16-35-17-27(33)20-8-9-23-21(11-20)15-36-28-13-24-19(12-25(23)28)6-5-7-26(24)32/h8-9,11-13,18,22H,5-7,10,14-17H2,1-4H3/t18-,22-/m0/s1. The van der Waals surface area contributed by atoms with Gasteiger partial charge in [0.25, 0.3) is 0 Å². The topological polar surface area (TPSA) is 82.1 Å². The van der Waals surface area contributed by atoms with Crippen molar-refractivity contribution >= 4 is 17.7 Å². The van der Waals surface area contributed by atoms with Crippen molar-refractivity contribution in [2.24, 2.45) is 5.92 Å². The Morgan fingerprint density at radius 3 is 2.65 bits per heavy atom. The summed E-state index contributed by atoms with van der Waals surface area (Å²) in [6.07, 6.45) is 2.84. The summed E-state index contributed by atoms with van der Waals surface area (Å²) in [6, 6.07) is 9.51. The quantitative estimate of drug-likeness (QED) is 0.491. The highest BCUT2D eigenvalue weighted by Gasteiger charge is 2.36. The average Bonchev–Trinajstić information content (AvgIpc) is 3.22. The first-order valence-electron chi connectivity index (χ1n) is 13.2. The van der Waals surface area contributed by atoms with Gasteiger partial charge in [-0.15, -0.1) is 0 Å². The van der Waals surface area contributed by atoms with Crippen LogP contribution in [0.5, 0.6) is 5.75 Å². The van der Waals surface area contributed by atoms with Crippen molar-refractivity contribution in [3.8, 4) is 16.9 Å². The molecule has 0 saturated carbocycles. The van der Waals surface area contributed by atoms with Crippen LogP contribution < -0.4 is 4.74 Å². The lowest BCUT2D eigenvalue weighted by Crippen LogP contribution is -2.42. The highest BCUT2D eigenvalue weighted by Crippen LogP contribution is 2.41. The zero-order valence-corrected chi connectivity index (χ0v) is 22.1. The largest absolute Gasteiger partial charge is 0.488 e. The average molecular weight is 506 g/mol. The highest BCUT2D eigenvalue weighted by atomic mass is 16.6. The van der Waals surface area contributed by atoms with E-state index in [-0.39, 0.29) is 30.3 Å². The molecule has 2 heterocycles. The first-order valence-corrected chi connectivity index (χ1v) is 13.2. The van der Waals surface area contributed by atoms with Crippen LogP contribution in [0.15, 0.2) is 30.3 Å². The lowest BCUT2D eigenvalue weighted by atomic mass is 9.86. The number of carbonyl (C=O) groups excluding carboxylic acids is 3. The minimum Gasteiger partial charge on any atom is -0.488 e. The molecule has 1 saturated heterocycles. The van der Waals surface area contributed by atoms with Crippen LogP contribution >= 0.6 is 0 Å². The van der Waals surface area contributed by atoms with Crippen molar-refractivity contribution in [1.29, 1.82) is 0 Å². The Morgan fingerprint density at radius 1 is 1.05 bits per heavy atom. The first-order chi connectivity index (χ1) is 17.6. The number of hydrogen-bond donors (Lipinski definition) is 0. The summed E-state index contributed by atoms with van der Waals surface area (Å²) in [5.74, 6) is 1.15. The van der Waals surface area contributed by atoms with Gasteiger partial charge < -0.3 is 19.1 Å². The van der Waals surface area contributed by atoms with Gasteiger partial charge in [-0.25, -0.2) is 4.79 Å². The summed E-state index contributed by atoms with van der Waals surface area (Å²) >= 11 is 0. The van der Waals surface area contributed by atoms with E-state index in [4.69, 9.17) is 14.2 Å². The number of ether oxygens (including phenoxy) is 3. The Balaban J connectivity index is 1.23. The normalized spacial score (nSPS) is 20.5. The van der Waals surface area contributed by atoms with Gasteiger partial charge in [-0.3, -0.25) is 9.59 Å². The molecule has 196 valence electrons. The molecule has 2 aromatic rings. The van der Waals surface area contributed by atoms with Crippen LogP contribution in [0, 0.1) is 5.92 Å². The fraction of sp³-hybridized carbons (Fsp3) is 0.500. The van der Waals surface area contributed by atoms with Crippen molar-refractivity contribution < 1.29 is 28.6 Å². The highest BCUT2D eigenvalue weighted by molar-refractivity contribution is 6.00. The molecule has 37 heavy (non-hydrogen) atoms. The number of amides is 1. The van der Waals surface area contributed by atoms with Gasteiger partial charge in [-0.2, -0.15) is 0 Å². The zero-order chi connectivity index (χ0) is 26.3. The number of ketones is 2. The van der Waals surface area contributed by atoms with Gasteiger partial charge in [0.05, 0.1) is 12.6 Å². The molecule has 0 bridgehead atoms. The number of likely N-dealkylation sites (tertiary alicyclic amines) is 1. The third kappa shape index (κ3) is 5.42. The molecule has 7 nitrogen and oxygen atoms in total. The summed E-state index contributed by atoms with van der Waals surface area (Å²) in [6.45, 7) is 8.87. The predicted octanol–water partition coefficient (Wildman–Crippen LogP) is 5.61. The number of hydrogen-bond acceptors (Lipinski definition) is 6. The maximum absolute atomic E-state index is 12.9. The molecule has 5 rings (SSSR count). The van der Waals surface area contributed by atoms with E-state index in [1.807, 2.05) is 45.0 Å². The van der Waals surface area contributed by atoms with Crippen LogP contribution in [0.2, 0.25) is 0 Å². The maximum Gasteiger partial charge on any atom is 0.410 e. The minimum absolute atomic E-state index is 0.0567. The number of Topliss-reactive ketones (excluding diaryl/α,β-unsaturated/α-hetero) is 2. The molecule has 3 aliphatic rings. The van der Waals surface area contributed by atoms with Crippen LogP contribution in [-0.2, 0) is 22.5 Å². The molecule has 7 heteroatoms. The minimum atomic E-state index is -0.558. The summed E-state index contributed by atoms with van der Waals surface area (Å²) in [4.78, 5) is 39.6. The second-order valence-electron chi connectivity index (χ2n) is 11.5. The lowest BCUT2D eigenvalue weighted by molar-refractivity contribution is 0.0113. The molecule has 0 unspecified atom stereocenters. The van der Waals surface area contributed by atoms with Gasteiger partial charge >= 0.3 is 6.09 Å². The van der Waals surface area contributed by atoms with Crippen molar-refractivity contribution in [3.05, 3.63) is 52.6 Å². The van der Waals surface area contributed by atoms with Gasteiger partial charge in [0.15, 0.2) is 11.6 Å². The van der Waals surface area contributed by atoms with E-state index in [0.29, 0.717) is 37.7 Å². The van der Waals surface area contributed by atoms with Crippen molar-refractivity contribution in [3.63, 3.8) is 0 Å². The number of aryl methyl sites for hydroxylation is 1. The van der Waals surface area contributed by atoms with E-state index in [0.717, 1.165) is 52.8 Å². The summed E-state index contributed by atoms with van der Waals surface area (Å²) in [5.41, 5.74) is 4.82. The molecule has 1 aliphatic carbocycles. The third-order valence-corrected chi connectivity index (χ3v) is 7.25. The van der Waals surface area contributed by atoms with Gasteiger partial charge in [-0.05, 0) is 80.8 Å². The Morgan fingerprint density at radius 2 is 1.86 bits per heavy atom. The van der Waals surface area contributed by atoms with Gasteiger partial charge in [0, 0.05) is 29.7 Å². The molecule has 0 radical (unpaired) electrons. The number of nitrogens with zero attached hydrogens (tertiary/aromatic N) is 1. The Bertz CT molecular complexity index is 1240. The monoisotopic (exact) mass is 505 g/mol. The van der Waals surface area contributed by atoms with Gasteiger partial charge in [0.1, 0.15) is 24.6 Å². The molecular weight excluding hydrogens is 470 g/mol. The molecule has 2 aliphatic heterocycles. The molecule has 0 N–H and O–H groups in total. The van der Waals surface area contributed by atoms with E-state index >= 15 is 0 Å². The van der Waals surface area contributed by atoms with Gasteiger partial charge in [-0.1, -0.05) is 19.1 Å². The number of carbonyl (C=O) groups is 3. The second-order valence-corrected chi connectivity index (χ2v) is 11.5. The Hall–Kier alpha value is -3.19. The van der Waals surface area contributed by atoms with E-state index in [9.17, 15) is 14.4 Å². The van der Waals surface area contributed by atoms with Crippen LogP contribution in [0.25, 0.3) is 11.1 Å². The number of fused-ring (bicyclic) bond motifs is 4. The van der Waals surface area contributed by atoms with Crippen molar-refractivity contribution in [2.75, 3.05) is 19.8 Å². The van der Waals surface area contributed by atoms with E-state index in [2.05, 4.69) is 13.0 Å². The van der Waals surface area contributed by atoms with Crippen LogP contribution in [0.1, 0.15) is 78.8 Å². The third-order valence-electron chi connectivity index (χ3n) is 7.25. The maximum atomic E-state index is 12.9. The summed E-state index contributed by atoms with van der Waals surface area (Å²) in [5, 5.41) is 0. The van der Waals surface area contributed by atoms with Crippen LogP contribution in [-0.4, -0.2) is 54.0 Å². The molecule has 0 spiro atoms. The van der Waals surface area contributed by atoms with Gasteiger partial charge in [0.2, 0.25) is 0 Å². The predicted molar refractivity (Wildman–Crippen MR) is 139 cm³/mol. The molecule has 1 amide bonds. The SMILES string of the molecule is C[C@H]1C[C@@H](COCC(=O)c2ccc3c(c2)COc2cc4c(cc2-3)CCCC4=O)N(C(=O)OC(C)(C)C)C1. The fourth-order valence-corrected chi connectivity index (χ4v) is 5.52. The van der Waals surface area contributed by atoms with E-state index in [1.165, 1.54) is 0 Å². The van der Waals surface area contributed by atoms with Crippen molar-refractivity contribution in [2.45, 2.75) is 71.6 Å². The smallest absolute Gasteiger partial charge is 0.410 e. The van der Waals surface area contributed by atoms with Crippen LogP contribution in [0.4, 0.5) is 4.79 Å². The van der Waals surface area contributed by atoms with Crippen LogP contribution in [0.3, 0.4) is 0 Å². The van der Waals surface area contributed by atoms with E-state index in [1.54, 1.807) is 4.90 Å². The summed E-state index contributed by atoms with van der Waals surface area (Å²) in [7, 11) is 0. The number of rotatable bonds is 5. The van der Waals surface area contributed by atoms with E-state index < -0.39 is 5.60 Å². The first kappa shape index (κ1) is 25.5. The fourth-order valence-electron chi connectivity index (χ4n) is 5.52. The molecule has 0 aromatic heterocycles. The molecule has 2 aromatic carbocycles.